The maximum atomic E-state index is 13.2. The maximum absolute atomic E-state index is 13.2. The summed E-state index contributed by atoms with van der Waals surface area (Å²) in [5.41, 5.74) is 2.59. The standard InChI is InChI=1S/C26H30ClN3O3/c1-18(2)25(31)30(16-20-12-9-15-32-20)17-21-24(19-10-5-4-6-11-19)28-29(3)26(21)33-23-14-8-7-13-22(23)27/h4-8,10-11,13-14,18,20H,9,12,15-17H2,1-3H3/t20-/m1/s1. The number of halogens is 1. The van der Waals surface area contributed by atoms with Crippen molar-refractivity contribution in [2.45, 2.75) is 39.3 Å². The van der Waals surface area contributed by atoms with E-state index in [9.17, 15) is 4.79 Å². The van der Waals surface area contributed by atoms with Gasteiger partial charge in [-0.05, 0) is 25.0 Å². The first kappa shape index (κ1) is 23.3. The zero-order valence-corrected chi connectivity index (χ0v) is 20.1. The Labute approximate surface area is 200 Å². The van der Waals surface area contributed by atoms with Gasteiger partial charge in [-0.25, -0.2) is 4.68 Å². The van der Waals surface area contributed by atoms with Crippen LogP contribution in [0.1, 0.15) is 32.3 Å². The fourth-order valence-corrected chi connectivity index (χ4v) is 4.28. The van der Waals surface area contributed by atoms with E-state index in [-0.39, 0.29) is 17.9 Å². The summed E-state index contributed by atoms with van der Waals surface area (Å²) in [6, 6.07) is 17.3. The average Bonchev–Trinajstić information content (AvgIpc) is 3.43. The van der Waals surface area contributed by atoms with Crippen molar-refractivity contribution in [2.75, 3.05) is 13.2 Å². The van der Waals surface area contributed by atoms with Crippen molar-refractivity contribution in [1.29, 1.82) is 0 Å². The molecule has 7 heteroatoms. The predicted molar refractivity (Wildman–Crippen MR) is 129 cm³/mol. The van der Waals surface area contributed by atoms with Gasteiger partial charge in [-0.2, -0.15) is 5.10 Å². The number of ether oxygens (including phenoxy) is 2. The van der Waals surface area contributed by atoms with Gasteiger partial charge >= 0.3 is 0 Å². The van der Waals surface area contributed by atoms with E-state index in [1.54, 1.807) is 10.7 Å². The molecule has 1 fully saturated rings. The normalized spacial score (nSPS) is 15.7. The van der Waals surface area contributed by atoms with E-state index in [0.717, 1.165) is 36.3 Å². The minimum absolute atomic E-state index is 0.0532. The number of carbonyl (C=O) groups excluding carboxylic acids is 1. The van der Waals surface area contributed by atoms with Crippen LogP contribution >= 0.6 is 11.6 Å². The van der Waals surface area contributed by atoms with Crippen LogP contribution in [0, 0.1) is 5.92 Å². The third-order valence-electron chi connectivity index (χ3n) is 5.78. The van der Waals surface area contributed by atoms with Crippen LogP contribution in [0.3, 0.4) is 0 Å². The van der Waals surface area contributed by atoms with Crippen molar-refractivity contribution in [1.82, 2.24) is 14.7 Å². The molecule has 1 saturated heterocycles. The molecule has 3 aromatic rings. The van der Waals surface area contributed by atoms with Crippen LogP contribution in [-0.2, 0) is 23.1 Å². The summed E-state index contributed by atoms with van der Waals surface area (Å²) >= 11 is 6.38. The lowest BCUT2D eigenvalue weighted by atomic mass is 10.1. The Bertz CT molecular complexity index is 1090. The molecule has 1 amide bonds. The molecule has 0 bridgehead atoms. The molecule has 0 saturated carbocycles. The van der Waals surface area contributed by atoms with Gasteiger partial charge in [0.2, 0.25) is 11.8 Å². The van der Waals surface area contributed by atoms with E-state index in [0.29, 0.717) is 29.7 Å². The quantitative estimate of drug-likeness (QED) is 0.426. The molecular weight excluding hydrogens is 438 g/mol. The minimum Gasteiger partial charge on any atom is -0.437 e. The topological polar surface area (TPSA) is 56.6 Å². The highest BCUT2D eigenvalue weighted by atomic mass is 35.5. The molecule has 1 atom stereocenters. The highest BCUT2D eigenvalue weighted by molar-refractivity contribution is 6.32. The van der Waals surface area contributed by atoms with Gasteiger partial charge in [0.1, 0.15) is 11.4 Å². The third kappa shape index (κ3) is 5.40. The number of aryl methyl sites for hydroxylation is 1. The highest BCUT2D eigenvalue weighted by Crippen LogP contribution is 2.36. The van der Waals surface area contributed by atoms with Gasteiger partial charge in [-0.1, -0.05) is 67.9 Å². The summed E-state index contributed by atoms with van der Waals surface area (Å²) in [7, 11) is 1.84. The lowest BCUT2D eigenvalue weighted by molar-refractivity contribution is -0.136. The summed E-state index contributed by atoms with van der Waals surface area (Å²) in [6.07, 6.45) is 2.04. The molecule has 0 N–H and O–H groups in total. The van der Waals surface area contributed by atoms with Crippen LogP contribution < -0.4 is 4.74 Å². The first-order valence-electron chi connectivity index (χ1n) is 11.4. The van der Waals surface area contributed by atoms with Crippen LogP contribution in [-0.4, -0.2) is 39.8 Å². The first-order chi connectivity index (χ1) is 15.9. The van der Waals surface area contributed by atoms with Crippen molar-refractivity contribution >= 4 is 17.5 Å². The second-order valence-electron chi connectivity index (χ2n) is 8.66. The van der Waals surface area contributed by atoms with E-state index in [1.807, 2.05) is 74.3 Å². The summed E-state index contributed by atoms with van der Waals surface area (Å²) in [4.78, 5) is 15.1. The Hall–Kier alpha value is -2.83. The Morgan fingerprint density at radius 2 is 1.94 bits per heavy atom. The molecule has 33 heavy (non-hydrogen) atoms. The average molecular weight is 468 g/mol. The lowest BCUT2D eigenvalue weighted by Crippen LogP contribution is -2.39. The van der Waals surface area contributed by atoms with Gasteiger partial charge < -0.3 is 14.4 Å². The van der Waals surface area contributed by atoms with Gasteiger partial charge in [0.05, 0.1) is 23.2 Å². The summed E-state index contributed by atoms with van der Waals surface area (Å²) in [5.74, 6) is 1.06. The Balaban J connectivity index is 1.75. The maximum Gasteiger partial charge on any atom is 0.225 e. The summed E-state index contributed by atoms with van der Waals surface area (Å²) in [5, 5.41) is 5.29. The number of hydrogen-bond acceptors (Lipinski definition) is 4. The molecule has 0 radical (unpaired) electrons. The molecule has 1 aliphatic heterocycles. The van der Waals surface area contributed by atoms with Crippen LogP contribution in [0.2, 0.25) is 5.02 Å². The molecule has 0 spiro atoms. The molecule has 174 valence electrons. The molecule has 2 heterocycles. The van der Waals surface area contributed by atoms with Crippen LogP contribution in [0.15, 0.2) is 54.6 Å². The number of carbonyl (C=O) groups is 1. The molecule has 0 aliphatic carbocycles. The lowest BCUT2D eigenvalue weighted by Gasteiger charge is -2.27. The van der Waals surface area contributed by atoms with E-state index in [2.05, 4.69) is 0 Å². The minimum atomic E-state index is -0.129. The Morgan fingerprint density at radius 3 is 2.61 bits per heavy atom. The van der Waals surface area contributed by atoms with Crippen molar-refractivity contribution in [3.05, 3.63) is 65.2 Å². The summed E-state index contributed by atoms with van der Waals surface area (Å²) in [6.45, 7) is 5.51. The molecule has 1 aliphatic rings. The molecule has 4 rings (SSSR count). The van der Waals surface area contributed by atoms with Gasteiger partial charge in [-0.15, -0.1) is 0 Å². The number of para-hydroxylation sites is 1. The number of nitrogens with zero attached hydrogens (tertiary/aromatic N) is 3. The van der Waals surface area contributed by atoms with E-state index < -0.39 is 0 Å². The Kier molecular flexibility index (Phi) is 7.36. The zero-order chi connectivity index (χ0) is 23.4. The van der Waals surface area contributed by atoms with E-state index in [1.165, 1.54) is 0 Å². The van der Waals surface area contributed by atoms with Crippen LogP contribution in [0.25, 0.3) is 11.3 Å². The molecule has 0 unspecified atom stereocenters. The largest absolute Gasteiger partial charge is 0.437 e. The monoisotopic (exact) mass is 467 g/mol. The van der Waals surface area contributed by atoms with Gasteiger partial charge in [0, 0.05) is 31.7 Å². The van der Waals surface area contributed by atoms with Crippen molar-refractivity contribution < 1.29 is 14.3 Å². The molecular formula is C26H30ClN3O3. The zero-order valence-electron chi connectivity index (χ0n) is 19.3. The molecule has 1 aromatic heterocycles. The first-order valence-corrected chi connectivity index (χ1v) is 11.8. The van der Waals surface area contributed by atoms with Crippen LogP contribution in [0.5, 0.6) is 11.6 Å². The SMILES string of the molecule is CC(C)C(=O)N(Cc1c(-c2ccccc2)nn(C)c1Oc1ccccc1Cl)C[C@H]1CCCO1. The predicted octanol–water partition coefficient (Wildman–Crippen LogP) is 5.70. The number of rotatable bonds is 8. The number of benzene rings is 2. The van der Waals surface area contributed by atoms with E-state index in [4.69, 9.17) is 26.2 Å². The van der Waals surface area contributed by atoms with Gasteiger partial charge in [-0.3, -0.25) is 4.79 Å². The smallest absolute Gasteiger partial charge is 0.225 e. The van der Waals surface area contributed by atoms with Crippen molar-refractivity contribution in [3.8, 4) is 22.9 Å². The van der Waals surface area contributed by atoms with Gasteiger partial charge in [0.15, 0.2) is 0 Å². The Morgan fingerprint density at radius 1 is 1.21 bits per heavy atom. The second kappa shape index (κ2) is 10.4. The number of aromatic nitrogens is 2. The number of hydrogen-bond donors (Lipinski definition) is 0. The number of amides is 1. The highest BCUT2D eigenvalue weighted by Gasteiger charge is 2.28. The molecule has 2 aromatic carbocycles. The van der Waals surface area contributed by atoms with Crippen molar-refractivity contribution in [3.63, 3.8) is 0 Å². The van der Waals surface area contributed by atoms with E-state index >= 15 is 0 Å². The second-order valence-corrected chi connectivity index (χ2v) is 9.07. The van der Waals surface area contributed by atoms with Gasteiger partial charge in [0.25, 0.3) is 0 Å². The third-order valence-corrected chi connectivity index (χ3v) is 6.09. The summed E-state index contributed by atoms with van der Waals surface area (Å²) < 4.78 is 13.8. The fraction of sp³-hybridized carbons (Fsp3) is 0.385. The fourth-order valence-electron chi connectivity index (χ4n) is 4.10. The van der Waals surface area contributed by atoms with Crippen molar-refractivity contribution in [2.24, 2.45) is 13.0 Å². The molecule has 6 nitrogen and oxygen atoms in total. The van der Waals surface area contributed by atoms with Crippen LogP contribution in [0.4, 0.5) is 0 Å².